The lowest BCUT2D eigenvalue weighted by atomic mass is 10.0. The van der Waals surface area contributed by atoms with Crippen molar-refractivity contribution in [1.82, 2.24) is 19.7 Å². The summed E-state index contributed by atoms with van der Waals surface area (Å²) in [7, 11) is 3.47. The van der Waals surface area contributed by atoms with E-state index in [1.165, 1.54) is 0 Å². The van der Waals surface area contributed by atoms with E-state index in [0.717, 1.165) is 39.7 Å². The predicted molar refractivity (Wildman–Crippen MR) is 103 cm³/mol. The summed E-state index contributed by atoms with van der Waals surface area (Å²) in [4.78, 5) is 20.4. The summed E-state index contributed by atoms with van der Waals surface area (Å²) in [5.74, 6) is 0.675. The van der Waals surface area contributed by atoms with Gasteiger partial charge in [-0.3, -0.25) is 14.5 Å². The molecule has 27 heavy (non-hydrogen) atoms. The first-order valence-electron chi connectivity index (χ1n) is 8.52. The van der Waals surface area contributed by atoms with Gasteiger partial charge in [0.1, 0.15) is 12.0 Å². The molecule has 0 bridgehead atoms. The van der Waals surface area contributed by atoms with Crippen LogP contribution in [-0.2, 0) is 13.5 Å². The number of fused-ring (bicyclic) bond motifs is 1. The van der Waals surface area contributed by atoms with Crippen molar-refractivity contribution in [2.75, 3.05) is 7.11 Å². The van der Waals surface area contributed by atoms with Crippen LogP contribution >= 0.6 is 0 Å². The van der Waals surface area contributed by atoms with Crippen LogP contribution in [-0.4, -0.2) is 33.1 Å². The Labute approximate surface area is 156 Å². The smallest absolute Gasteiger partial charge is 0.150 e. The van der Waals surface area contributed by atoms with Gasteiger partial charge in [-0.05, 0) is 47.9 Å². The number of aldehydes is 1. The van der Waals surface area contributed by atoms with Gasteiger partial charge in [0.2, 0.25) is 0 Å². The van der Waals surface area contributed by atoms with E-state index < -0.39 is 0 Å². The highest BCUT2D eigenvalue weighted by atomic mass is 16.5. The number of aryl methyl sites for hydroxylation is 1. The Kier molecular flexibility index (Phi) is 4.38. The lowest BCUT2D eigenvalue weighted by Crippen LogP contribution is -1.95. The molecule has 0 saturated carbocycles. The fourth-order valence-electron chi connectivity index (χ4n) is 3.07. The molecule has 2 aromatic heterocycles. The topological polar surface area (TPSA) is 69.9 Å². The second-order valence-electron chi connectivity index (χ2n) is 6.39. The number of aromatic nitrogens is 4. The molecule has 0 aliphatic rings. The largest absolute Gasteiger partial charge is 0.497 e. The number of benzene rings is 2. The van der Waals surface area contributed by atoms with E-state index in [9.17, 15) is 4.79 Å². The zero-order chi connectivity index (χ0) is 18.8. The molecule has 0 saturated heterocycles. The van der Waals surface area contributed by atoms with E-state index in [-0.39, 0.29) is 0 Å². The first kappa shape index (κ1) is 16.9. The molecule has 0 unspecified atom stereocenters. The summed E-state index contributed by atoms with van der Waals surface area (Å²) >= 11 is 0. The summed E-state index contributed by atoms with van der Waals surface area (Å²) in [6.45, 7) is 0. The van der Waals surface area contributed by atoms with Crippen molar-refractivity contribution in [2.24, 2.45) is 7.05 Å². The molecule has 0 fully saturated rings. The number of nitrogens with zero attached hydrogens (tertiary/aromatic N) is 4. The first-order chi connectivity index (χ1) is 13.1. The quantitative estimate of drug-likeness (QED) is 0.511. The van der Waals surface area contributed by atoms with Crippen LogP contribution in [0.3, 0.4) is 0 Å². The molecule has 6 heteroatoms. The minimum Gasteiger partial charge on any atom is -0.497 e. The Balaban J connectivity index is 1.69. The van der Waals surface area contributed by atoms with Gasteiger partial charge in [-0.2, -0.15) is 5.10 Å². The number of carbonyl (C=O) groups is 1. The average molecular weight is 358 g/mol. The minimum absolute atomic E-state index is 0.601. The SMILES string of the molecule is COc1cc(C=O)cc(Cc2ccc3ncc(-c4cnn(C)c4)nc3c2)c1. The van der Waals surface area contributed by atoms with Crippen LogP contribution in [0.4, 0.5) is 0 Å². The fourth-order valence-corrected chi connectivity index (χ4v) is 3.07. The molecule has 6 nitrogen and oxygen atoms in total. The molecule has 0 aliphatic heterocycles. The Morgan fingerprint density at radius 3 is 2.70 bits per heavy atom. The summed E-state index contributed by atoms with van der Waals surface area (Å²) in [5, 5.41) is 4.19. The third-order valence-electron chi connectivity index (χ3n) is 4.38. The molecular weight excluding hydrogens is 340 g/mol. The zero-order valence-corrected chi connectivity index (χ0v) is 15.1. The molecular formula is C21H18N4O2. The maximum absolute atomic E-state index is 11.1. The van der Waals surface area contributed by atoms with Crippen LogP contribution in [0.15, 0.2) is 55.0 Å². The highest BCUT2D eigenvalue weighted by Gasteiger charge is 2.07. The number of carbonyl (C=O) groups excluding carboxylic acids is 1. The molecule has 2 aromatic carbocycles. The molecule has 4 aromatic rings. The van der Waals surface area contributed by atoms with Crippen LogP contribution < -0.4 is 4.74 Å². The Bertz CT molecular complexity index is 1130. The predicted octanol–water partition coefficient (Wildman–Crippen LogP) is 3.44. The van der Waals surface area contributed by atoms with E-state index in [4.69, 9.17) is 9.72 Å². The van der Waals surface area contributed by atoms with Crippen molar-refractivity contribution < 1.29 is 9.53 Å². The molecule has 2 heterocycles. The van der Waals surface area contributed by atoms with Crippen LogP contribution in [0.2, 0.25) is 0 Å². The first-order valence-corrected chi connectivity index (χ1v) is 8.52. The van der Waals surface area contributed by atoms with Gasteiger partial charge in [-0.15, -0.1) is 0 Å². The fraction of sp³-hybridized carbons (Fsp3) is 0.143. The minimum atomic E-state index is 0.601. The summed E-state index contributed by atoms with van der Waals surface area (Å²) in [6, 6.07) is 11.6. The van der Waals surface area contributed by atoms with E-state index in [0.29, 0.717) is 17.7 Å². The molecule has 0 amide bonds. The maximum Gasteiger partial charge on any atom is 0.150 e. The van der Waals surface area contributed by atoms with Gasteiger partial charge in [0.15, 0.2) is 0 Å². The van der Waals surface area contributed by atoms with Gasteiger partial charge in [0, 0.05) is 24.4 Å². The number of hydrogen-bond acceptors (Lipinski definition) is 5. The molecule has 0 radical (unpaired) electrons. The molecule has 0 N–H and O–H groups in total. The summed E-state index contributed by atoms with van der Waals surface area (Å²) < 4.78 is 7.02. The van der Waals surface area contributed by atoms with Crippen molar-refractivity contribution in [3.63, 3.8) is 0 Å². The Hall–Kier alpha value is -3.54. The van der Waals surface area contributed by atoms with E-state index in [1.54, 1.807) is 30.3 Å². The highest BCUT2D eigenvalue weighted by Crippen LogP contribution is 2.22. The van der Waals surface area contributed by atoms with Crippen LogP contribution in [0.25, 0.3) is 22.3 Å². The van der Waals surface area contributed by atoms with Crippen molar-refractivity contribution >= 4 is 17.3 Å². The third-order valence-corrected chi connectivity index (χ3v) is 4.38. The second kappa shape index (κ2) is 6.99. The molecule has 134 valence electrons. The maximum atomic E-state index is 11.1. The van der Waals surface area contributed by atoms with Gasteiger partial charge in [-0.1, -0.05) is 6.07 Å². The van der Waals surface area contributed by atoms with Crippen LogP contribution in [0, 0.1) is 0 Å². The van der Waals surface area contributed by atoms with Crippen molar-refractivity contribution in [2.45, 2.75) is 6.42 Å². The van der Waals surface area contributed by atoms with Crippen molar-refractivity contribution in [3.05, 3.63) is 71.7 Å². The van der Waals surface area contributed by atoms with Crippen molar-refractivity contribution in [1.29, 1.82) is 0 Å². The van der Waals surface area contributed by atoms with E-state index in [1.807, 2.05) is 43.6 Å². The monoisotopic (exact) mass is 358 g/mol. The zero-order valence-electron chi connectivity index (χ0n) is 15.1. The standard InChI is InChI=1S/C21H18N4O2/c1-25-12-17(10-23-25)21-11-22-19-4-3-14(9-20(19)24-21)5-15-6-16(13-26)8-18(7-15)27-2/h3-4,6-13H,5H2,1-2H3. The van der Waals surface area contributed by atoms with Gasteiger partial charge in [0.05, 0.1) is 36.2 Å². The van der Waals surface area contributed by atoms with Gasteiger partial charge >= 0.3 is 0 Å². The second-order valence-corrected chi connectivity index (χ2v) is 6.39. The Morgan fingerprint density at radius 2 is 1.96 bits per heavy atom. The molecule has 4 rings (SSSR count). The molecule has 0 spiro atoms. The molecule has 0 atom stereocenters. The number of methoxy groups -OCH3 is 1. The van der Waals surface area contributed by atoms with E-state index >= 15 is 0 Å². The number of ether oxygens (including phenoxy) is 1. The average Bonchev–Trinajstić information content (AvgIpc) is 3.13. The van der Waals surface area contributed by atoms with Crippen LogP contribution in [0.5, 0.6) is 5.75 Å². The number of rotatable bonds is 5. The summed E-state index contributed by atoms with van der Waals surface area (Å²) in [6.07, 6.45) is 6.95. The van der Waals surface area contributed by atoms with Gasteiger partial charge in [0.25, 0.3) is 0 Å². The van der Waals surface area contributed by atoms with Gasteiger partial charge in [-0.25, -0.2) is 4.98 Å². The third kappa shape index (κ3) is 3.55. The number of hydrogen-bond donors (Lipinski definition) is 0. The lowest BCUT2D eigenvalue weighted by molar-refractivity contribution is 0.112. The summed E-state index contributed by atoms with van der Waals surface area (Å²) in [5.41, 5.74) is 6.08. The highest BCUT2D eigenvalue weighted by molar-refractivity contribution is 5.78. The van der Waals surface area contributed by atoms with Gasteiger partial charge < -0.3 is 4.74 Å². The van der Waals surface area contributed by atoms with Crippen molar-refractivity contribution in [3.8, 4) is 17.0 Å². The molecule has 0 aliphatic carbocycles. The Morgan fingerprint density at radius 1 is 1.07 bits per heavy atom. The van der Waals surface area contributed by atoms with E-state index in [2.05, 4.69) is 10.1 Å². The normalized spacial score (nSPS) is 10.9. The lowest BCUT2D eigenvalue weighted by Gasteiger charge is -2.08. The van der Waals surface area contributed by atoms with Crippen LogP contribution in [0.1, 0.15) is 21.5 Å².